The third-order valence-electron chi connectivity index (χ3n) is 6.56. The quantitative estimate of drug-likeness (QED) is 0.335. The van der Waals surface area contributed by atoms with E-state index in [1.54, 1.807) is 61.5 Å². The van der Waals surface area contributed by atoms with E-state index in [1.165, 1.54) is 4.90 Å². The number of sulfonamides is 1. The second kappa shape index (κ2) is 13.1. The lowest BCUT2D eigenvalue weighted by Crippen LogP contribution is -2.52. The van der Waals surface area contributed by atoms with Gasteiger partial charge in [-0.1, -0.05) is 66.6 Å². The second-order valence-electron chi connectivity index (χ2n) is 9.55. The first-order chi connectivity index (χ1) is 18.5. The van der Waals surface area contributed by atoms with E-state index in [2.05, 4.69) is 5.32 Å². The van der Waals surface area contributed by atoms with Crippen molar-refractivity contribution in [2.75, 3.05) is 17.4 Å². The zero-order valence-electron chi connectivity index (χ0n) is 23.1. The first kappa shape index (κ1) is 30.2. The van der Waals surface area contributed by atoms with Gasteiger partial charge in [-0.25, -0.2) is 8.42 Å². The van der Waals surface area contributed by atoms with Crippen LogP contribution in [-0.2, 0) is 26.2 Å². The summed E-state index contributed by atoms with van der Waals surface area (Å²) in [5.41, 5.74) is 3.55. The fourth-order valence-corrected chi connectivity index (χ4v) is 6.03. The molecule has 1 N–H and O–H groups in total. The molecule has 0 spiro atoms. The Morgan fingerprint density at radius 1 is 0.923 bits per heavy atom. The van der Waals surface area contributed by atoms with Crippen LogP contribution in [0.3, 0.4) is 0 Å². The molecule has 3 aromatic rings. The lowest BCUT2D eigenvalue weighted by Gasteiger charge is -2.33. The number of likely N-dealkylation sites (N-methyl/N-ethyl adjacent to an activating group) is 1. The van der Waals surface area contributed by atoms with E-state index in [1.807, 2.05) is 39.8 Å². The van der Waals surface area contributed by atoms with Crippen molar-refractivity contribution >= 4 is 39.1 Å². The molecule has 0 saturated heterocycles. The Morgan fingerprint density at radius 2 is 1.56 bits per heavy atom. The Kier molecular flexibility index (Phi) is 10.2. The molecule has 0 heterocycles. The summed E-state index contributed by atoms with van der Waals surface area (Å²) in [7, 11) is -4.12. The first-order valence-corrected chi connectivity index (χ1v) is 14.8. The predicted octanol–water partition coefficient (Wildman–Crippen LogP) is 5.40. The van der Waals surface area contributed by atoms with Crippen molar-refractivity contribution in [1.29, 1.82) is 0 Å². The van der Waals surface area contributed by atoms with E-state index in [9.17, 15) is 18.0 Å². The summed E-state index contributed by atoms with van der Waals surface area (Å²) in [4.78, 5) is 28.6. The average Bonchev–Trinajstić information content (AvgIpc) is 2.90. The van der Waals surface area contributed by atoms with Gasteiger partial charge in [-0.2, -0.15) is 0 Å². The summed E-state index contributed by atoms with van der Waals surface area (Å²) in [5.74, 6) is -0.815. The van der Waals surface area contributed by atoms with E-state index < -0.39 is 28.5 Å². The van der Waals surface area contributed by atoms with Crippen LogP contribution in [0.15, 0.2) is 71.6 Å². The van der Waals surface area contributed by atoms with Crippen molar-refractivity contribution in [2.45, 2.75) is 58.5 Å². The van der Waals surface area contributed by atoms with Gasteiger partial charge in [0.15, 0.2) is 0 Å². The number of hydrogen-bond acceptors (Lipinski definition) is 4. The van der Waals surface area contributed by atoms with E-state index in [4.69, 9.17) is 11.6 Å². The van der Waals surface area contributed by atoms with Gasteiger partial charge in [0.2, 0.25) is 11.8 Å². The van der Waals surface area contributed by atoms with Gasteiger partial charge in [-0.15, -0.1) is 0 Å². The highest BCUT2D eigenvalue weighted by Gasteiger charge is 2.34. The van der Waals surface area contributed by atoms with Crippen LogP contribution in [0.2, 0.25) is 5.02 Å². The molecule has 0 unspecified atom stereocenters. The number of rotatable bonds is 11. The van der Waals surface area contributed by atoms with Crippen LogP contribution >= 0.6 is 11.6 Å². The number of nitrogens with one attached hydrogen (secondary N) is 1. The minimum atomic E-state index is -4.12. The number of hydrogen-bond donors (Lipinski definition) is 1. The lowest BCUT2D eigenvalue weighted by molar-refractivity contribution is -0.140. The number of benzene rings is 3. The first-order valence-electron chi connectivity index (χ1n) is 13.0. The normalized spacial score (nSPS) is 12.1. The maximum Gasteiger partial charge on any atom is 0.264 e. The molecule has 0 aliphatic rings. The van der Waals surface area contributed by atoms with Crippen LogP contribution in [0.4, 0.5) is 5.69 Å². The van der Waals surface area contributed by atoms with Crippen LogP contribution in [0.5, 0.6) is 0 Å². The molecule has 0 saturated carbocycles. The van der Waals surface area contributed by atoms with Crippen molar-refractivity contribution in [3.63, 3.8) is 0 Å². The van der Waals surface area contributed by atoms with Crippen LogP contribution in [0, 0.1) is 20.8 Å². The molecule has 39 heavy (non-hydrogen) atoms. The number of nitrogens with zero attached hydrogens (tertiary/aromatic N) is 2. The van der Waals surface area contributed by atoms with E-state index in [0.29, 0.717) is 34.8 Å². The van der Waals surface area contributed by atoms with Gasteiger partial charge in [0.25, 0.3) is 10.0 Å². The smallest absolute Gasteiger partial charge is 0.264 e. The molecule has 0 bridgehead atoms. The van der Waals surface area contributed by atoms with Gasteiger partial charge in [-0.05, 0) is 75.1 Å². The molecule has 7 nitrogen and oxygen atoms in total. The largest absolute Gasteiger partial charge is 0.355 e. The molecule has 0 radical (unpaired) electrons. The Bertz CT molecular complexity index is 1420. The zero-order valence-corrected chi connectivity index (χ0v) is 24.6. The van der Waals surface area contributed by atoms with Crippen molar-refractivity contribution in [2.24, 2.45) is 0 Å². The number of carbonyl (C=O) groups excluding carboxylic acids is 2. The summed E-state index contributed by atoms with van der Waals surface area (Å²) < 4.78 is 29.2. The van der Waals surface area contributed by atoms with Gasteiger partial charge < -0.3 is 10.2 Å². The standard InChI is InChI=1S/C30H36ClN3O4S/c1-6-27(30(36)32-7-2)33(19-24-10-8-9-11-26(24)31)29(35)20-34(28-18-22(4)12-15-23(28)5)39(37,38)25-16-13-21(3)14-17-25/h8-18,27H,6-7,19-20H2,1-5H3,(H,32,36)/t27-/m1/s1. The molecule has 0 aliphatic carbocycles. The topological polar surface area (TPSA) is 86.8 Å². The summed E-state index contributed by atoms with van der Waals surface area (Å²) in [6, 6.07) is 18.3. The fraction of sp³-hybridized carbons (Fsp3) is 0.333. The summed E-state index contributed by atoms with van der Waals surface area (Å²) >= 11 is 6.42. The predicted molar refractivity (Wildman–Crippen MR) is 156 cm³/mol. The fourth-order valence-electron chi connectivity index (χ4n) is 4.36. The third kappa shape index (κ3) is 7.19. The molecular weight excluding hydrogens is 534 g/mol. The van der Waals surface area contributed by atoms with E-state index in [-0.39, 0.29) is 17.3 Å². The molecule has 2 amide bonds. The van der Waals surface area contributed by atoms with Crippen LogP contribution < -0.4 is 9.62 Å². The molecule has 208 valence electrons. The number of carbonyl (C=O) groups is 2. The Balaban J connectivity index is 2.12. The maximum absolute atomic E-state index is 14.1. The average molecular weight is 570 g/mol. The zero-order chi connectivity index (χ0) is 28.7. The number of amides is 2. The highest BCUT2D eigenvalue weighted by atomic mass is 35.5. The molecule has 1 atom stereocenters. The lowest BCUT2D eigenvalue weighted by atomic mass is 10.1. The Labute approximate surface area is 236 Å². The number of halogens is 1. The highest BCUT2D eigenvalue weighted by Crippen LogP contribution is 2.29. The molecule has 9 heteroatoms. The number of anilines is 1. The number of aryl methyl sites for hydroxylation is 3. The third-order valence-corrected chi connectivity index (χ3v) is 8.70. The van der Waals surface area contributed by atoms with Gasteiger partial charge >= 0.3 is 0 Å². The second-order valence-corrected chi connectivity index (χ2v) is 11.8. The van der Waals surface area contributed by atoms with E-state index >= 15 is 0 Å². The molecule has 3 rings (SSSR count). The van der Waals surface area contributed by atoms with Crippen LogP contribution in [-0.4, -0.2) is 44.3 Å². The van der Waals surface area contributed by atoms with Gasteiger partial charge in [0.1, 0.15) is 12.6 Å². The molecule has 0 aliphatic heterocycles. The van der Waals surface area contributed by atoms with Crippen LogP contribution in [0.25, 0.3) is 0 Å². The Hall–Kier alpha value is -3.36. The van der Waals surface area contributed by atoms with Crippen molar-refractivity contribution in [1.82, 2.24) is 10.2 Å². The minimum Gasteiger partial charge on any atom is -0.355 e. The van der Waals surface area contributed by atoms with Crippen molar-refractivity contribution in [3.05, 3.63) is 94.0 Å². The SMILES string of the molecule is CCNC(=O)[C@@H](CC)N(Cc1ccccc1Cl)C(=O)CN(c1cc(C)ccc1C)S(=O)(=O)c1ccc(C)cc1. The van der Waals surface area contributed by atoms with Gasteiger partial charge in [0, 0.05) is 18.1 Å². The van der Waals surface area contributed by atoms with Crippen molar-refractivity contribution < 1.29 is 18.0 Å². The van der Waals surface area contributed by atoms with Crippen LogP contribution in [0.1, 0.15) is 42.5 Å². The maximum atomic E-state index is 14.1. The van der Waals surface area contributed by atoms with Gasteiger partial charge in [0.05, 0.1) is 10.6 Å². The summed E-state index contributed by atoms with van der Waals surface area (Å²) in [5, 5.41) is 3.26. The Morgan fingerprint density at radius 3 is 2.18 bits per heavy atom. The van der Waals surface area contributed by atoms with Gasteiger partial charge in [-0.3, -0.25) is 13.9 Å². The summed E-state index contributed by atoms with van der Waals surface area (Å²) in [6.07, 6.45) is 0.343. The molecular formula is C30H36ClN3O4S. The molecule has 0 fully saturated rings. The molecule has 0 aromatic heterocycles. The summed E-state index contributed by atoms with van der Waals surface area (Å²) in [6.45, 7) is 9.15. The monoisotopic (exact) mass is 569 g/mol. The van der Waals surface area contributed by atoms with E-state index in [0.717, 1.165) is 15.4 Å². The highest BCUT2D eigenvalue weighted by molar-refractivity contribution is 7.92. The minimum absolute atomic E-state index is 0.0549. The molecule has 3 aromatic carbocycles. The van der Waals surface area contributed by atoms with Crippen molar-refractivity contribution in [3.8, 4) is 0 Å².